The predicted molar refractivity (Wildman–Crippen MR) is 156 cm³/mol. The van der Waals surface area contributed by atoms with Crippen LogP contribution in [0.25, 0.3) is 16.9 Å². The first kappa shape index (κ1) is 27.7. The first-order valence-corrected chi connectivity index (χ1v) is 14.6. The highest BCUT2D eigenvalue weighted by Gasteiger charge is 2.16. The number of hydrogen-bond acceptors (Lipinski definition) is 10. The fourth-order valence-electron chi connectivity index (χ4n) is 4.92. The molecule has 5 aromatic heterocycles. The number of piperidine rings is 1. The van der Waals surface area contributed by atoms with Crippen LogP contribution in [0, 0.1) is 12.7 Å². The van der Waals surface area contributed by atoms with Gasteiger partial charge >= 0.3 is 6.09 Å². The number of likely N-dealkylation sites (tertiary alicyclic amines) is 1. The van der Waals surface area contributed by atoms with Crippen LogP contribution in [-0.4, -0.2) is 64.1 Å². The zero-order chi connectivity index (χ0) is 28.9. The molecule has 0 radical (unpaired) electrons. The van der Waals surface area contributed by atoms with Crippen molar-refractivity contribution in [2.45, 2.75) is 45.9 Å². The van der Waals surface area contributed by atoms with Crippen LogP contribution < -0.4 is 10.6 Å². The Labute approximate surface area is 245 Å². The molecule has 1 fully saturated rings. The lowest BCUT2D eigenvalue weighted by molar-refractivity contribution is 0.138. The average molecular weight is 591 g/mol. The molecule has 0 aromatic carbocycles. The van der Waals surface area contributed by atoms with E-state index in [4.69, 9.17) is 9.72 Å². The van der Waals surface area contributed by atoms with E-state index in [1.54, 1.807) is 17.1 Å². The number of aromatic nitrogens is 7. The Morgan fingerprint density at radius 3 is 2.90 bits per heavy atom. The van der Waals surface area contributed by atoms with E-state index < -0.39 is 11.9 Å². The maximum absolute atomic E-state index is 13.6. The van der Waals surface area contributed by atoms with Gasteiger partial charge in [-0.25, -0.2) is 19.2 Å². The van der Waals surface area contributed by atoms with Gasteiger partial charge in [0.05, 0.1) is 42.2 Å². The number of imidazole rings is 1. The van der Waals surface area contributed by atoms with Gasteiger partial charge in [-0.1, -0.05) is 6.42 Å². The van der Waals surface area contributed by atoms with E-state index in [0.29, 0.717) is 18.0 Å². The number of carbonyl (C=O) groups excluding carboxylic acids is 1. The maximum Gasteiger partial charge on any atom is 0.407 e. The van der Waals surface area contributed by atoms with Crippen LogP contribution in [-0.2, 0) is 24.4 Å². The first-order valence-electron chi connectivity index (χ1n) is 13.8. The molecular formula is C28H31FN10O2S. The molecule has 0 aliphatic carbocycles. The predicted octanol–water partition coefficient (Wildman–Crippen LogP) is 4.55. The molecule has 5 aromatic rings. The zero-order valence-electron chi connectivity index (χ0n) is 23.2. The molecule has 1 amide bonds. The molecule has 0 bridgehead atoms. The van der Waals surface area contributed by atoms with Gasteiger partial charge in [0.1, 0.15) is 17.4 Å². The Bertz CT molecular complexity index is 1680. The minimum absolute atomic E-state index is 0.172. The molecule has 42 heavy (non-hydrogen) atoms. The summed E-state index contributed by atoms with van der Waals surface area (Å²) in [6.45, 7) is 5.62. The van der Waals surface area contributed by atoms with Gasteiger partial charge in [0.15, 0.2) is 11.5 Å². The fraction of sp³-hybridized carbons (Fsp3) is 0.357. The highest BCUT2D eigenvalue weighted by atomic mass is 32.1. The van der Waals surface area contributed by atoms with Crippen LogP contribution in [0.1, 0.15) is 36.2 Å². The second kappa shape index (κ2) is 12.6. The Balaban J connectivity index is 1.07. The molecular weight excluding hydrogens is 559 g/mol. The number of nitrogens with one attached hydrogen (secondary N) is 2. The summed E-state index contributed by atoms with van der Waals surface area (Å²) in [5.41, 5.74) is 4.60. The van der Waals surface area contributed by atoms with Crippen molar-refractivity contribution in [3.8, 4) is 11.3 Å². The molecule has 1 saturated heterocycles. The van der Waals surface area contributed by atoms with Crippen molar-refractivity contribution in [2.24, 2.45) is 0 Å². The number of pyridine rings is 1. The minimum atomic E-state index is -0.636. The maximum atomic E-state index is 13.6. The van der Waals surface area contributed by atoms with Crippen LogP contribution in [0.3, 0.4) is 0 Å². The summed E-state index contributed by atoms with van der Waals surface area (Å²) in [5, 5.41) is 11.4. The number of alkyl carbamates (subject to hydrolysis) is 1. The normalized spacial score (nSPS) is 13.9. The molecule has 0 atom stereocenters. The van der Waals surface area contributed by atoms with E-state index in [2.05, 4.69) is 41.0 Å². The lowest BCUT2D eigenvalue weighted by Gasteiger charge is -2.25. The van der Waals surface area contributed by atoms with Crippen molar-refractivity contribution in [3.63, 3.8) is 0 Å². The SMILES string of the molecule is Cc1cn2c(-c3cnn(CCNC(=O)OCc4ccncc4F)c3)cnc2c(Nc2cc(CN3CCCCC3)ns2)n1. The van der Waals surface area contributed by atoms with Gasteiger partial charge in [-0.15, -0.1) is 0 Å². The summed E-state index contributed by atoms with van der Waals surface area (Å²) in [4.78, 5) is 27.5. The number of halogens is 1. The minimum Gasteiger partial charge on any atom is -0.445 e. The highest BCUT2D eigenvalue weighted by Crippen LogP contribution is 2.28. The number of ether oxygens (including phenoxy) is 1. The molecule has 14 heteroatoms. The molecule has 218 valence electrons. The molecule has 0 unspecified atom stereocenters. The lowest BCUT2D eigenvalue weighted by atomic mass is 10.1. The summed E-state index contributed by atoms with van der Waals surface area (Å²) in [7, 11) is 0. The summed E-state index contributed by atoms with van der Waals surface area (Å²) >= 11 is 1.43. The van der Waals surface area contributed by atoms with Gasteiger partial charge in [0, 0.05) is 42.8 Å². The van der Waals surface area contributed by atoms with Gasteiger partial charge in [-0.05, 0) is 56.5 Å². The Morgan fingerprint density at radius 2 is 2.05 bits per heavy atom. The van der Waals surface area contributed by atoms with Crippen LogP contribution >= 0.6 is 11.5 Å². The smallest absolute Gasteiger partial charge is 0.407 e. The van der Waals surface area contributed by atoms with Gasteiger partial charge < -0.3 is 15.4 Å². The van der Waals surface area contributed by atoms with E-state index >= 15 is 0 Å². The van der Waals surface area contributed by atoms with Crippen molar-refractivity contribution in [1.29, 1.82) is 0 Å². The van der Waals surface area contributed by atoms with Gasteiger partial charge in [0.25, 0.3) is 0 Å². The van der Waals surface area contributed by atoms with E-state index in [1.807, 2.05) is 23.7 Å². The van der Waals surface area contributed by atoms with E-state index in [-0.39, 0.29) is 18.7 Å². The fourth-order valence-corrected chi connectivity index (χ4v) is 5.58. The number of amides is 1. The van der Waals surface area contributed by atoms with E-state index in [0.717, 1.165) is 53.5 Å². The van der Waals surface area contributed by atoms with E-state index in [1.165, 1.54) is 43.1 Å². The number of anilines is 2. The van der Waals surface area contributed by atoms with Crippen LogP contribution in [0.5, 0.6) is 0 Å². The number of nitrogens with zero attached hydrogens (tertiary/aromatic N) is 8. The first-order chi connectivity index (χ1) is 20.5. The van der Waals surface area contributed by atoms with Crippen molar-refractivity contribution in [1.82, 2.24) is 43.7 Å². The van der Waals surface area contributed by atoms with Gasteiger partial charge in [-0.2, -0.15) is 9.47 Å². The largest absolute Gasteiger partial charge is 0.445 e. The summed E-state index contributed by atoms with van der Waals surface area (Å²) < 4.78 is 27.1. The molecule has 1 aliphatic rings. The molecule has 0 saturated carbocycles. The standard InChI is InChI=1S/C28H31FN10O2S/c1-19-15-39-24(21-12-33-38(16-21)10-7-31-28(40)41-18-20-5-6-30-13-23(20)29)14-32-27(39)26(34-19)35-25-11-22(36-42-25)17-37-8-3-2-4-9-37/h5-6,11-16H,2-4,7-10,17-18H2,1H3,(H,31,40)(H,34,35). The van der Waals surface area contributed by atoms with Crippen molar-refractivity contribution < 1.29 is 13.9 Å². The molecule has 2 N–H and O–H groups in total. The number of aryl methyl sites for hydroxylation is 1. The monoisotopic (exact) mass is 590 g/mol. The third-order valence-corrected chi connectivity index (χ3v) is 7.74. The Morgan fingerprint density at radius 1 is 1.17 bits per heavy atom. The van der Waals surface area contributed by atoms with E-state index in [9.17, 15) is 9.18 Å². The third-order valence-electron chi connectivity index (χ3n) is 7.00. The van der Waals surface area contributed by atoms with Gasteiger partial charge in [-0.3, -0.25) is 19.0 Å². The van der Waals surface area contributed by atoms with Crippen LogP contribution in [0.15, 0.2) is 49.3 Å². The molecule has 6 rings (SSSR count). The topological polar surface area (TPSA) is 127 Å². The summed E-state index contributed by atoms with van der Waals surface area (Å²) in [6.07, 6.45) is 13.1. The lowest BCUT2D eigenvalue weighted by Crippen LogP contribution is -2.29. The van der Waals surface area contributed by atoms with Crippen molar-refractivity contribution in [2.75, 3.05) is 25.0 Å². The van der Waals surface area contributed by atoms with Crippen LogP contribution in [0.2, 0.25) is 0 Å². The quantitative estimate of drug-likeness (QED) is 0.241. The number of carbonyl (C=O) groups is 1. The second-order valence-corrected chi connectivity index (χ2v) is 11.0. The molecule has 0 spiro atoms. The van der Waals surface area contributed by atoms with Gasteiger partial charge in [0.2, 0.25) is 0 Å². The zero-order valence-corrected chi connectivity index (χ0v) is 24.0. The van der Waals surface area contributed by atoms with Crippen molar-refractivity contribution in [3.05, 3.63) is 72.1 Å². The second-order valence-electron chi connectivity index (χ2n) is 10.2. The number of rotatable bonds is 10. The Hall–Kier alpha value is -4.43. The number of fused-ring (bicyclic) bond motifs is 1. The average Bonchev–Trinajstić information content (AvgIpc) is 3.73. The number of hydrogen-bond donors (Lipinski definition) is 2. The summed E-state index contributed by atoms with van der Waals surface area (Å²) in [5.74, 6) is 0.146. The third kappa shape index (κ3) is 6.55. The van der Waals surface area contributed by atoms with Crippen LogP contribution in [0.4, 0.5) is 20.0 Å². The molecule has 12 nitrogen and oxygen atoms in total. The molecule has 1 aliphatic heterocycles. The van der Waals surface area contributed by atoms with Crippen molar-refractivity contribution >= 4 is 34.1 Å². The molecule has 6 heterocycles. The summed E-state index contributed by atoms with van der Waals surface area (Å²) in [6, 6.07) is 3.56. The highest BCUT2D eigenvalue weighted by molar-refractivity contribution is 7.10. The Kier molecular flexibility index (Phi) is 8.33.